The van der Waals surface area contributed by atoms with Gasteiger partial charge in [0.1, 0.15) is 11.1 Å². The van der Waals surface area contributed by atoms with Gasteiger partial charge in [-0.25, -0.2) is 0 Å². The van der Waals surface area contributed by atoms with Crippen LogP contribution in [0.2, 0.25) is 0 Å². The Labute approximate surface area is 112 Å². The van der Waals surface area contributed by atoms with Crippen molar-refractivity contribution in [2.24, 2.45) is 5.73 Å². The number of morpholine rings is 1. The Bertz CT molecular complexity index is 449. The first kappa shape index (κ1) is 12.5. The first-order chi connectivity index (χ1) is 8.09. The van der Waals surface area contributed by atoms with Crippen molar-refractivity contribution in [2.45, 2.75) is 6.10 Å². The normalized spacial score (nSPS) is 20.3. The van der Waals surface area contributed by atoms with Crippen LogP contribution in [0, 0.1) is 0 Å². The second-order valence-electron chi connectivity index (χ2n) is 3.62. The second kappa shape index (κ2) is 5.16. The lowest BCUT2D eigenvalue weighted by atomic mass is 10.2. The van der Waals surface area contributed by atoms with Gasteiger partial charge < -0.3 is 19.8 Å². The monoisotopic (exact) mass is 318 g/mol. The van der Waals surface area contributed by atoms with E-state index in [1.807, 2.05) is 0 Å². The molecule has 2 N–H and O–H groups in total. The van der Waals surface area contributed by atoms with Gasteiger partial charge in [-0.15, -0.1) is 0 Å². The summed E-state index contributed by atoms with van der Waals surface area (Å²) in [6, 6.07) is 1.62. The lowest BCUT2D eigenvalue weighted by Gasteiger charge is -2.32. The summed E-state index contributed by atoms with van der Waals surface area (Å²) in [5, 5.41) is 0. The van der Waals surface area contributed by atoms with E-state index in [-0.39, 0.29) is 17.0 Å². The molecule has 0 radical (unpaired) electrons. The number of nitrogens with zero attached hydrogens (tertiary/aromatic N) is 1. The molecule has 1 atom stereocenters. The molecule has 5 nitrogen and oxygen atoms in total. The SMILES string of the molecule is NC(=S)C1CN(C(=O)c2ccoc2Br)CCO1. The van der Waals surface area contributed by atoms with Gasteiger partial charge in [0.05, 0.1) is 25.0 Å². The summed E-state index contributed by atoms with van der Waals surface area (Å²) < 4.78 is 10.8. The third-order valence-electron chi connectivity index (χ3n) is 2.52. The molecular formula is C10H11BrN2O3S. The molecule has 0 aromatic carbocycles. The van der Waals surface area contributed by atoms with Gasteiger partial charge in [-0.1, -0.05) is 12.2 Å². The third kappa shape index (κ3) is 2.67. The largest absolute Gasteiger partial charge is 0.457 e. The maximum atomic E-state index is 12.1. The molecule has 2 heterocycles. The maximum absolute atomic E-state index is 12.1. The number of hydrogen-bond donors (Lipinski definition) is 1. The van der Waals surface area contributed by atoms with Crippen LogP contribution >= 0.6 is 28.1 Å². The van der Waals surface area contributed by atoms with Crippen LogP contribution in [0.1, 0.15) is 10.4 Å². The van der Waals surface area contributed by atoms with E-state index in [1.54, 1.807) is 11.0 Å². The van der Waals surface area contributed by atoms with Crippen LogP contribution in [0.3, 0.4) is 0 Å². The third-order valence-corrected chi connectivity index (χ3v) is 3.40. The van der Waals surface area contributed by atoms with E-state index in [0.29, 0.717) is 29.9 Å². The molecule has 92 valence electrons. The molecule has 0 saturated carbocycles. The van der Waals surface area contributed by atoms with E-state index < -0.39 is 0 Å². The Morgan fingerprint density at radius 2 is 2.41 bits per heavy atom. The van der Waals surface area contributed by atoms with Crippen molar-refractivity contribution in [3.05, 3.63) is 22.6 Å². The average molecular weight is 319 g/mol. The van der Waals surface area contributed by atoms with Gasteiger partial charge in [-0.05, 0) is 22.0 Å². The molecule has 0 spiro atoms. The molecule has 7 heteroatoms. The predicted molar refractivity (Wildman–Crippen MR) is 68.8 cm³/mol. The van der Waals surface area contributed by atoms with Crippen molar-refractivity contribution in [2.75, 3.05) is 19.7 Å². The van der Waals surface area contributed by atoms with E-state index in [0.717, 1.165) is 0 Å². The van der Waals surface area contributed by atoms with Crippen LogP contribution in [0.5, 0.6) is 0 Å². The Morgan fingerprint density at radius 3 is 3.00 bits per heavy atom. The maximum Gasteiger partial charge on any atom is 0.258 e. The van der Waals surface area contributed by atoms with Gasteiger partial charge in [0.2, 0.25) is 0 Å². The van der Waals surface area contributed by atoms with Crippen molar-refractivity contribution in [1.29, 1.82) is 0 Å². The average Bonchev–Trinajstić information content (AvgIpc) is 2.74. The van der Waals surface area contributed by atoms with Gasteiger partial charge in [0.15, 0.2) is 4.67 Å². The summed E-state index contributed by atoms with van der Waals surface area (Å²) in [5.41, 5.74) is 6.01. The fraction of sp³-hybridized carbons (Fsp3) is 0.400. The van der Waals surface area contributed by atoms with E-state index in [2.05, 4.69) is 15.9 Å². The number of rotatable bonds is 2. The molecule has 1 aliphatic heterocycles. The number of carbonyl (C=O) groups excluding carboxylic acids is 1. The first-order valence-corrected chi connectivity index (χ1v) is 6.23. The standard InChI is InChI=1S/C10H11BrN2O3S/c11-8-6(1-3-16-8)10(14)13-2-4-15-7(5-13)9(12)17/h1,3,7H,2,4-5H2,(H2,12,17). The zero-order chi connectivity index (χ0) is 12.4. The molecular weight excluding hydrogens is 308 g/mol. The van der Waals surface area contributed by atoms with Crippen LogP contribution in [0.15, 0.2) is 21.4 Å². The minimum atomic E-state index is -0.367. The highest BCUT2D eigenvalue weighted by Crippen LogP contribution is 2.20. The Morgan fingerprint density at radius 1 is 1.65 bits per heavy atom. The van der Waals surface area contributed by atoms with Gasteiger partial charge in [0, 0.05) is 6.54 Å². The molecule has 0 bridgehead atoms. The van der Waals surface area contributed by atoms with Crippen molar-refractivity contribution in [1.82, 2.24) is 4.90 Å². The van der Waals surface area contributed by atoms with Gasteiger partial charge in [-0.3, -0.25) is 4.79 Å². The number of carbonyl (C=O) groups is 1. The zero-order valence-corrected chi connectivity index (χ0v) is 11.3. The van der Waals surface area contributed by atoms with Crippen molar-refractivity contribution in [3.63, 3.8) is 0 Å². The molecule has 1 fully saturated rings. The van der Waals surface area contributed by atoms with Crippen LogP contribution in [0.4, 0.5) is 0 Å². The highest BCUT2D eigenvalue weighted by atomic mass is 79.9. The van der Waals surface area contributed by atoms with Gasteiger partial charge in [0.25, 0.3) is 5.91 Å². The fourth-order valence-corrected chi connectivity index (χ4v) is 2.17. The van der Waals surface area contributed by atoms with Crippen LogP contribution in [-0.2, 0) is 4.74 Å². The summed E-state index contributed by atoms with van der Waals surface area (Å²) in [6.45, 7) is 1.34. The first-order valence-electron chi connectivity index (χ1n) is 5.03. The number of amides is 1. The lowest BCUT2D eigenvalue weighted by Crippen LogP contribution is -2.49. The summed E-state index contributed by atoms with van der Waals surface area (Å²) in [4.78, 5) is 14.1. The van der Waals surface area contributed by atoms with Crippen LogP contribution in [0.25, 0.3) is 0 Å². The van der Waals surface area contributed by atoms with Crippen molar-refractivity contribution >= 4 is 39.0 Å². The molecule has 1 aliphatic rings. The van der Waals surface area contributed by atoms with Gasteiger partial charge in [-0.2, -0.15) is 0 Å². The molecule has 2 rings (SSSR count). The second-order valence-corrected chi connectivity index (χ2v) is 4.81. The van der Waals surface area contributed by atoms with Gasteiger partial charge >= 0.3 is 0 Å². The van der Waals surface area contributed by atoms with E-state index in [4.69, 9.17) is 27.1 Å². The molecule has 1 amide bonds. The summed E-state index contributed by atoms with van der Waals surface area (Å²) in [5.74, 6) is -0.116. The fourth-order valence-electron chi connectivity index (χ4n) is 1.62. The number of hydrogen-bond acceptors (Lipinski definition) is 4. The minimum Gasteiger partial charge on any atom is -0.457 e. The molecule has 17 heavy (non-hydrogen) atoms. The van der Waals surface area contributed by atoms with Crippen molar-refractivity contribution in [3.8, 4) is 0 Å². The minimum absolute atomic E-state index is 0.116. The Hall–Kier alpha value is -0.920. The number of ether oxygens (including phenoxy) is 1. The molecule has 1 aromatic heterocycles. The Balaban J connectivity index is 2.10. The highest BCUT2D eigenvalue weighted by Gasteiger charge is 2.28. The summed E-state index contributed by atoms with van der Waals surface area (Å²) >= 11 is 8.05. The lowest BCUT2D eigenvalue weighted by molar-refractivity contribution is 0.00869. The smallest absolute Gasteiger partial charge is 0.258 e. The van der Waals surface area contributed by atoms with E-state index in [9.17, 15) is 4.79 Å². The molecule has 1 unspecified atom stereocenters. The topological polar surface area (TPSA) is 68.7 Å². The summed E-state index contributed by atoms with van der Waals surface area (Å²) in [6.07, 6.45) is 1.09. The number of nitrogens with two attached hydrogens (primary N) is 1. The zero-order valence-electron chi connectivity index (χ0n) is 8.89. The Kier molecular flexibility index (Phi) is 3.80. The van der Waals surface area contributed by atoms with Crippen LogP contribution in [-0.4, -0.2) is 41.6 Å². The predicted octanol–water partition coefficient (Wildman–Crippen LogP) is 1.17. The molecule has 1 aromatic rings. The number of thiocarbonyl (C=S) groups is 1. The number of halogens is 1. The quantitative estimate of drug-likeness (QED) is 0.829. The highest BCUT2D eigenvalue weighted by molar-refractivity contribution is 9.10. The van der Waals surface area contributed by atoms with E-state index in [1.165, 1.54) is 6.26 Å². The molecule has 1 saturated heterocycles. The summed E-state index contributed by atoms with van der Waals surface area (Å²) in [7, 11) is 0. The van der Waals surface area contributed by atoms with Crippen molar-refractivity contribution < 1.29 is 13.9 Å². The van der Waals surface area contributed by atoms with Crippen LogP contribution < -0.4 is 5.73 Å². The number of furan rings is 1. The van der Waals surface area contributed by atoms with E-state index >= 15 is 0 Å². The molecule has 0 aliphatic carbocycles.